The number of primary amides is 1. The van der Waals surface area contributed by atoms with Crippen molar-refractivity contribution in [1.29, 1.82) is 0 Å². The van der Waals surface area contributed by atoms with Crippen molar-refractivity contribution in [3.63, 3.8) is 0 Å². The molecular formula is C10H18N2O3. The van der Waals surface area contributed by atoms with Crippen LogP contribution in [-0.2, 0) is 9.59 Å². The number of carboxylic acid groups (broad SMARTS) is 1. The third kappa shape index (κ3) is 3.20. The van der Waals surface area contributed by atoms with E-state index < -0.39 is 5.97 Å². The van der Waals surface area contributed by atoms with Gasteiger partial charge < -0.3 is 10.8 Å². The minimum atomic E-state index is -0.769. The fraction of sp³-hybridized carbons (Fsp3) is 0.800. The van der Waals surface area contributed by atoms with Gasteiger partial charge in [0.05, 0.1) is 6.04 Å². The van der Waals surface area contributed by atoms with E-state index in [1.807, 2.05) is 11.8 Å². The van der Waals surface area contributed by atoms with Gasteiger partial charge in [0.1, 0.15) is 0 Å². The van der Waals surface area contributed by atoms with Crippen molar-refractivity contribution in [3.05, 3.63) is 0 Å². The fourth-order valence-electron chi connectivity index (χ4n) is 2.20. The Morgan fingerprint density at radius 3 is 2.73 bits per heavy atom. The van der Waals surface area contributed by atoms with Crippen molar-refractivity contribution in [2.24, 2.45) is 11.7 Å². The Labute approximate surface area is 89.2 Å². The van der Waals surface area contributed by atoms with Gasteiger partial charge in [0.2, 0.25) is 5.91 Å². The Bertz CT molecular complexity index is 255. The molecule has 1 heterocycles. The third-order valence-corrected chi connectivity index (χ3v) is 2.94. The number of rotatable bonds is 5. The molecule has 1 amide bonds. The van der Waals surface area contributed by atoms with Crippen LogP contribution in [0.15, 0.2) is 0 Å². The lowest BCUT2D eigenvalue weighted by Gasteiger charge is -2.23. The van der Waals surface area contributed by atoms with E-state index in [0.717, 1.165) is 13.0 Å². The van der Waals surface area contributed by atoms with Gasteiger partial charge in [-0.2, -0.15) is 0 Å². The predicted molar refractivity (Wildman–Crippen MR) is 55.2 cm³/mol. The first-order valence-electron chi connectivity index (χ1n) is 5.29. The van der Waals surface area contributed by atoms with Crippen molar-refractivity contribution in [2.75, 3.05) is 13.1 Å². The van der Waals surface area contributed by atoms with E-state index in [0.29, 0.717) is 13.0 Å². The summed E-state index contributed by atoms with van der Waals surface area (Å²) in [7, 11) is 0. The first-order valence-corrected chi connectivity index (χ1v) is 5.29. The molecule has 0 bridgehead atoms. The van der Waals surface area contributed by atoms with Crippen molar-refractivity contribution in [3.8, 4) is 0 Å². The van der Waals surface area contributed by atoms with E-state index in [9.17, 15) is 9.59 Å². The number of carbonyl (C=O) groups is 2. The van der Waals surface area contributed by atoms with E-state index in [2.05, 4.69) is 0 Å². The van der Waals surface area contributed by atoms with Crippen LogP contribution in [0.25, 0.3) is 0 Å². The Balaban J connectivity index is 2.47. The first kappa shape index (κ1) is 12.0. The summed E-state index contributed by atoms with van der Waals surface area (Å²) >= 11 is 0. The second-order valence-electron chi connectivity index (χ2n) is 4.07. The highest BCUT2D eigenvalue weighted by atomic mass is 16.4. The smallest absolute Gasteiger partial charge is 0.303 e. The molecular weight excluding hydrogens is 196 g/mol. The summed E-state index contributed by atoms with van der Waals surface area (Å²) in [6.45, 7) is 3.37. The largest absolute Gasteiger partial charge is 0.481 e. The quantitative estimate of drug-likeness (QED) is 0.677. The zero-order valence-electron chi connectivity index (χ0n) is 8.98. The Morgan fingerprint density at radius 2 is 2.27 bits per heavy atom. The van der Waals surface area contributed by atoms with Gasteiger partial charge in [0, 0.05) is 13.0 Å². The van der Waals surface area contributed by atoms with Crippen molar-refractivity contribution in [1.82, 2.24) is 4.90 Å². The highest BCUT2D eigenvalue weighted by Gasteiger charge is 2.30. The van der Waals surface area contributed by atoms with E-state index >= 15 is 0 Å². The van der Waals surface area contributed by atoms with Crippen molar-refractivity contribution >= 4 is 11.9 Å². The maximum atomic E-state index is 11.1. The SMILES string of the molecule is CCC(C(N)=O)N1CCC(CC(=O)O)C1. The van der Waals surface area contributed by atoms with E-state index in [1.54, 1.807) is 0 Å². The van der Waals surface area contributed by atoms with E-state index in [4.69, 9.17) is 10.8 Å². The van der Waals surface area contributed by atoms with Gasteiger partial charge in [-0.3, -0.25) is 14.5 Å². The highest BCUT2D eigenvalue weighted by Crippen LogP contribution is 2.22. The minimum Gasteiger partial charge on any atom is -0.481 e. The van der Waals surface area contributed by atoms with Crippen LogP contribution in [0.5, 0.6) is 0 Å². The molecule has 0 saturated carbocycles. The number of hydrogen-bond acceptors (Lipinski definition) is 3. The maximum Gasteiger partial charge on any atom is 0.303 e. The average molecular weight is 214 g/mol. The molecule has 1 saturated heterocycles. The molecule has 1 fully saturated rings. The predicted octanol–water partition coefficient (Wildman–Crippen LogP) is 0.0469. The second kappa shape index (κ2) is 5.11. The lowest BCUT2D eigenvalue weighted by Crippen LogP contribution is -2.43. The molecule has 86 valence electrons. The summed E-state index contributed by atoms with van der Waals surface area (Å²) in [5.74, 6) is -0.918. The number of carbonyl (C=O) groups excluding carboxylic acids is 1. The molecule has 2 unspecified atom stereocenters. The Hall–Kier alpha value is -1.10. The molecule has 2 atom stereocenters. The second-order valence-corrected chi connectivity index (χ2v) is 4.07. The van der Waals surface area contributed by atoms with Crippen LogP contribution >= 0.6 is 0 Å². The van der Waals surface area contributed by atoms with Gasteiger partial charge in [-0.25, -0.2) is 0 Å². The Kier molecular flexibility index (Phi) is 4.08. The number of aliphatic carboxylic acids is 1. The van der Waals surface area contributed by atoms with Crippen LogP contribution in [0, 0.1) is 5.92 Å². The summed E-state index contributed by atoms with van der Waals surface area (Å²) in [6.07, 6.45) is 1.72. The molecule has 1 aliphatic heterocycles. The monoisotopic (exact) mass is 214 g/mol. The fourth-order valence-corrected chi connectivity index (χ4v) is 2.20. The van der Waals surface area contributed by atoms with Crippen LogP contribution in [0.1, 0.15) is 26.2 Å². The summed E-state index contributed by atoms with van der Waals surface area (Å²) in [6, 6.07) is -0.233. The molecule has 5 heteroatoms. The molecule has 0 spiro atoms. The van der Waals surface area contributed by atoms with Crippen LogP contribution in [0.4, 0.5) is 0 Å². The number of hydrogen-bond donors (Lipinski definition) is 2. The van der Waals surface area contributed by atoms with Gasteiger partial charge in [0.15, 0.2) is 0 Å². The number of likely N-dealkylation sites (tertiary alicyclic amines) is 1. The van der Waals surface area contributed by atoms with Gasteiger partial charge in [-0.15, -0.1) is 0 Å². The molecule has 15 heavy (non-hydrogen) atoms. The molecule has 0 radical (unpaired) electrons. The van der Waals surface area contributed by atoms with Gasteiger partial charge in [-0.05, 0) is 25.3 Å². The van der Waals surface area contributed by atoms with Crippen LogP contribution in [-0.4, -0.2) is 41.0 Å². The first-order chi connectivity index (χ1) is 7.04. The van der Waals surface area contributed by atoms with Gasteiger partial charge in [0.25, 0.3) is 0 Å². The topological polar surface area (TPSA) is 83.6 Å². The highest BCUT2D eigenvalue weighted by molar-refractivity contribution is 5.79. The van der Waals surface area contributed by atoms with Crippen molar-refractivity contribution in [2.45, 2.75) is 32.2 Å². The molecule has 0 aromatic carbocycles. The lowest BCUT2D eigenvalue weighted by molar-refractivity contribution is -0.138. The van der Waals surface area contributed by atoms with Crippen molar-refractivity contribution < 1.29 is 14.7 Å². The number of nitrogens with two attached hydrogens (primary N) is 1. The maximum absolute atomic E-state index is 11.1. The summed E-state index contributed by atoms with van der Waals surface area (Å²) < 4.78 is 0. The Morgan fingerprint density at radius 1 is 1.60 bits per heavy atom. The van der Waals surface area contributed by atoms with Crippen LogP contribution in [0.3, 0.4) is 0 Å². The number of amides is 1. The number of nitrogens with zero attached hydrogens (tertiary/aromatic N) is 1. The van der Waals surface area contributed by atoms with Gasteiger partial charge >= 0.3 is 5.97 Å². The standard InChI is InChI=1S/C10H18N2O3/c1-2-8(10(11)15)12-4-3-7(6-12)5-9(13)14/h7-8H,2-6H2,1H3,(H2,11,15)(H,13,14). The molecule has 0 aliphatic carbocycles. The molecule has 1 aliphatic rings. The lowest BCUT2D eigenvalue weighted by atomic mass is 10.1. The average Bonchev–Trinajstić information content (AvgIpc) is 2.52. The van der Waals surface area contributed by atoms with E-state index in [1.165, 1.54) is 0 Å². The molecule has 1 rings (SSSR count). The molecule has 3 N–H and O–H groups in total. The minimum absolute atomic E-state index is 0.163. The normalized spacial score (nSPS) is 23.9. The summed E-state index contributed by atoms with van der Waals surface area (Å²) in [5.41, 5.74) is 5.28. The zero-order valence-corrected chi connectivity index (χ0v) is 8.98. The summed E-state index contributed by atoms with van der Waals surface area (Å²) in [4.78, 5) is 23.6. The zero-order chi connectivity index (χ0) is 11.4. The third-order valence-electron chi connectivity index (χ3n) is 2.94. The van der Waals surface area contributed by atoms with Crippen LogP contribution < -0.4 is 5.73 Å². The molecule has 5 nitrogen and oxygen atoms in total. The van der Waals surface area contributed by atoms with Crippen LogP contribution in [0.2, 0.25) is 0 Å². The molecule has 0 aromatic heterocycles. The molecule has 0 aromatic rings. The van der Waals surface area contributed by atoms with E-state index in [-0.39, 0.29) is 24.3 Å². The summed E-state index contributed by atoms with van der Waals surface area (Å²) in [5, 5.41) is 8.65. The van der Waals surface area contributed by atoms with Gasteiger partial charge in [-0.1, -0.05) is 6.92 Å². The number of carboxylic acids is 1.